The number of carbonyl (C=O) groups excluding carboxylic acids is 3. The molecule has 2 aliphatic heterocycles. The van der Waals surface area contributed by atoms with E-state index in [9.17, 15) is 14.4 Å². The number of carbonyl (C=O) groups is 3. The molecule has 2 aliphatic rings. The number of hydrogen-bond donors (Lipinski definition) is 1. The molecule has 0 bridgehead atoms. The van der Waals surface area contributed by atoms with Gasteiger partial charge in [-0.05, 0) is 56.9 Å². The van der Waals surface area contributed by atoms with Gasteiger partial charge in [0.15, 0.2) is 0 Å². The smallest absolute Gasteiger partial charge is 0.320 e. The predicted molar refractivity (Wildman–Crippen MR) is 155 cm³/mol. The number of hydrogen-bond acceptors (Lipinski definition) is 4. The van der Waals surface area contributed by atoms with Crippen LogP contribution in [0.5, 0.6) is 0 Å². The summed E-state index contributed by atoms with van der Waals surface area (Å²) < 4.78 is 0. The first kappa shape index (κ1) is 28.6. The lowest BCUT2D eigenvalue weighted by atomic mass is 10.0. The monoisotopic (exact) mass is 533 g/mol. The highest BCUT2D eigenvalue weighted by atomic mass is 16.2. The van der Waals surface area contributed by atoms with Crippen LogP contribution in [0.1, 0.15) is 49.0 Å². The van der Waals surface area contributed by atoms with Crippen molar-refractivity contribution in [2.45, 2.75) is 58.2 Å². The van der Waals surface area contributed by atoms with E-state index in [1.165, 1.54) is 5.56 Å². The van der Waals surface area contributed by atoms with Crippen LogP contribution in [0, 0.1) is 6.92 Å². The Morgan fingerprint density at radius 2 is 1.46 bits per heavy atom. The summed E-state index contributed by atoms with van der Waals surface area (Å²) in [5.74, 6) is 0.0490. The normalized spacial score (nSPS) is 19.4. The van der Waals surface area contributed by atoms with Gasteiger partial charge in [0.25, 0.3) is 5.91 Å². The van der Waals surface area contributed by atoms with Crippen molar-refractivity contribution in [2.24, 2.45) is 0 Å². The van der Waals surface area contributed by atoms with Crippen LogP contribution >= 0.6 is 0 Å². The van der Waals surface area contributed by atoms with Gasteiger partial charge in [0.05, 0.1) is 6.04 Å². The summed E-state index contributed by atoms with van der Waals surface area (Å²) in [6.45, 7) is 9.56. The van der Waals surface area contributed by atoms with Crippen molar-refractivity contribution in [2.75, 3.05) is 46.8 Å². The number of benzene rings is 2. The van der Waals surface area contributed by atoms with Gasteiger partial charge in [-0.1, -0.05) is 42.0 Å². The second-order valence-electron chi connectivity index (χ2n) is 11.4. The Hall–Kier alpha value is -3.39. The molecule has 210 valence electrons. The average molecular weight is 534 g/mol. The van der Waals surface area contributed by atoms with Crippen molar-refractivity contribution in [3.05, 3.63) is 59.7 Å². The van der Waals surface area contributed by atoms with Crippen molar-refractivity contribution in [3.63, 3.8) is 0 Å². The van der Waals surface area contributed by atoms with Gasteiger partial charge in [-0.15, -0.1) is 0 Å². The van der Waals surface area contributed by atoms with Crippen LogP contribution in [0.4, 0.5) is 4.79 Å². The van der Waals surface area contributed by atoms with Crippen molar-refractivity contribution < 1.29 is 14.4 Å². The van der Waals surface area contributed by atoms with Gasteiger partial charge in [0, 0.05) is 70.9 Å². The van der Waals surface area contributed by atoms with Crippen LogP contribution in [0.3, 0.4) is 0 Å². The number of rotatable bonds is 8. The van der Waals surface area contributed by atoms with Crippen LogP contribution in [-0.2, 0) is 4.79 Å². The highest BCUT2D eigenvalue weighted by Gasteiger charge is 2.36. The fraction of sp³-hybridized carbons (Fsp3) is 0.516. The molecule has 4 amide bonds. The van der Waals surface area contributed by atoms with E-state index in [-0.39, 0.29) is 36.0 Å². The molecule has 4 rings (SSSR count). The van der Waals surface area contributed by atoms with E-state index in [0.29, 0.717) is 31.6 Å². The summed E-state index contributed by atoms with van der Waals surface area (Å²) in [6.07, 6.45) is 2.15. The quantitative estimate of drug-likeness (QED) is 0.559. The lowest BCUT2D eigenvalue weighted by Gasteiger charge is -2.30. The van der Waals surface area contributed by atoms with Gasteiger partial charge in [-0.3, -0.25) is 9.59 Å². The molecule has 0 saturated carbocycles. The Kier molecular flexibility index (Phi) is 9.28. The molecule has 2 fully saturated rings. The maximum atomic E-state index is 13.3. The van der Waals surface area contributed by atoms with Gasteiger partial charge in [-0.2, -0.15) is 0 Å². The molecule has 2 atom stereocenters. The summed E-state index contributed by atoms with van der Waals surface area (Å²) in [5, 5.41) is 2.93. The summed E-state index contributed by atoms with van der Waals surface area (Å²) in [6, 6.07) is 16.4. The molecule has 2 heterocycles. The predicted octanol–water partition coefficient (Wildman–Crippen LogP) is 3.85. The average Bonchev–Trinajstić information content (AvgIpc) is 3.61. The molecule has 0 spiro atoms. The van der Waals surface area contributed by atoms with Crippen molar-refractivity contribution in [1.82, 2.24) is 24.9 Å². The van der Waals surface area contributed by atoms with E-state index in [1.807, 2.05) is 62.0 Å². The first-order valence-corrected chi connectivity index (χ1v) is 14.1. The zero-order valence-corrected chi connectivity index (χ0v) is 24.0. The standard InChI is InChI=1S/C31H43N5O3/c1-22(2)32-29(37)16-18-35-17-14-27(20-35)34(5)31(39)36-19-15-28(21-36)33(4)30(38)26-12-10-25(11-13-26)24-8-6-23(3)7-9-24/h6-13,22,27-28H,14-21H2,1-5H3,(H,32,37)/t27?,28-/m0/s1. The third kappa shape index (κ3) is 7.18. The third-order valence-electron chi connectivity index (χ3n) is 8.02. The molecule has 2 aromatic rings. The van der Waals surface area contributed by atoms with Gasteiger partial charge in [0.2, 0.25) is 5.91 Å². The summed E-state index contributed by atoms with van der Waals surface area (Å²) in [5.41, 5.74) is 4.09. The number of amides is 4. The molecule has 0 radical (unpaired) electrons. The first-order chi connectivity index (χ1) is 18.6. The van der Waals surface area contributed by atoms with Crippen LogP contribution in [-0.4, -0.2) is 102 Å². The summed E-state index contributed by atoms with van der Waals surface area (Å²) in [7, 11) is 3.71. The van der Waals surface area contributed by atoms with E-state index < -0.39 is 0 Å². The molecule has 8 heteroatoms. The van der Waals surface area contributed by atoms with Gasteiger partial charge in [0.1, 0.15) is 0 Å². The molecule has 1 unspecified atom stereocenters. The molecule has 1 N–H and O–H groups in total. The van der Waals surface area contributed by atoms with Gasteiger partial charge >= 0.3 is 6.03 Å². The zero-order valence-electron chi connectivity index (χ0n) is 24.0. The number of likely N-dealkylation sites (N-methyl/N-ethyl adjacent to an activating group) is 2. The van der Waals surface area contributed by atoms with E-state index in [1.54, 1.807) is 4.90 Å². The van der Waals surface area contributed by atoms with Crippen LogP contribution < -0.4 is 5.32 Å². The molecular weight excluding hydrogens is 490 g/mol. The molecule has 2 aromatic carbocycles. The third-order valence-corrected chi connectivity index (χ3v) is 8.02. The van der Waals surface area contributed by atoms with Crippen molar-refractivity contribution in [1.29, 1.82) is 0 Å². The lowest BCUT2D eigenvalue weighted by Crippen LogP contribution is -2.47. The Morgan fingerprint density at radius 3 is 2.10 bits per heavy atom. The molecule has 0 aromatic heterocycles. The SMILES string of the molecule is Cc1ccc(-c2ccc(C(=O)N(C)[C@H]3CCN(C(=O)N(C)C4CCN(CCC(=O)NC(C)C)C4)C3)cc2)cc1. The maximum absolute atomic E-state index is 13.3. The lowest BCUT2D eigenvalue weighted by molar-refractivity contribution is -0.121. The fourth-order valence-electron chi connectivity index (χ4n) is 5.52. The molecular formula is C31H43N5O3. The Bertz CT molecular complexity index is 1150. The van der Waals surface area contributed by atoms with E-state index >= 15 is 0 Å². The van der Waals surface area contributed by atoms with Crippen LogP contribution in [0.15, 0.2) is 48.5 Å². The summed E-state index contributed by atoms with van der Waals surface area (Å²) >= 11 is 0. The zero-order chi connectivity index (χ0) is 28.1. The maximum Gasteiger partial charge on any atom is 0.320 e. The largest absolute Gasteiger partial charge is 0.354 e. The number of urea groups is 1. The van der Waals surface area contributed by atoms with Gasteiger partial charge < -0.3 is 24.9 Å². The molecule has 2 saturated heterocycles. The second kappa shape index (κ2) is 12.6. The molecule has 0 aliphatic carbocycles. The minimum Gasteiger partial charge on any atom is -0.354 e. The van der Waals surface area contributed by atoms with E-state index in [2.05, 4.69) is 41.4 Å². The minimum absolute atomic E-state index is 0.00817. The Morgan fingerprint density at radius 1 is 0.872 bits per heavy atom. The number of nitrogens with one attached hydrogen (secondary N) is 1. The number of aryl methyl sites for hydroxylation is 1. The van der Waals surface area contributed by atoms with Crippen LogP contribution in [0.2, 0.25) is 0 Å². The van der Waals surface area contributed by atoms with E-state index in [4.69, 9.17) is 0 Å². The van der Waals surface area contributed by atoms with Crippen LogP contribution in [0.25, 0.3) is 11.1 Å². The first-order valence-electron chi connectivity index (χ1n) is 14.1. The highest BCUT2D eigenvalue weighted by Crippen LogP contribution is 2.23. The minimum atomic E-state index is -0.0222. The highest BCUT2D eigenvalue weighted by molar-refractivity contribution is 5.95. The fourth-order valence-corrected chi connectivity index (χ4v) is 5.52. The van der Waals surface area contributed by atoms with Crippen molar-refractivity contribution >= 4 is 17.8 Å². The molecule has 8 nitrogen and oxygen atoms in total. The topological polar surface area (TPSA) is 76.2 Å². The second-order valence-corrected chi connectivity index (χ2v) is 11.4. The number of nitrogens with zero attached hydrogens (tertiary/aromatic N) is 4. The van der Waals surface area contributed by atoms with Crippen molar-refractivity contribution in [3.8, 4) is 11.1 Å². The Balaban J connectivity index is 1.26. The van der Waals surface area contributed by atoms with Gasteiger partial charge in [-0.25, -0.2) is 4.79 Å². The molecule has 39 heavy (non-hydrogen) atoms. The summed E-state index contributed by atoms with van der Waals surface area (Å²) in [4.78, 5) is 46.3. The number of likely N-dealkylation sites (tertiary alicyclic amines) is 2. The van der Waals surface area contributed by atoms with E-state index in [0.717, 1.165) is 37.1 Å². The Labute approximate surface area is 232 Å².